The van der Waals surface area contributed by atoms with Gasteiger partial charge in [0.25, 0.3) is 0 Å². The summed E-state index contributed by atoms with van der Waals surface area (Å²) in [6.45, 7) is 10.8. The monoisotopic (exact) mass is 226 g/mol. The Kier molecular flexibility index (Phi) is 4.22. The maximum Gasteiger partial charge on any atom is 0.0597 e. The second kappa shape index (κ2) is 5.48. The number of nitrogens with zero attached hydrogens (tertiary/aromatic N) is 1. The van der Waals surface area contributed by atoms with Gasteiger partial charge in [0, 0.05) is 31.7 Å². The third-order valence-corrected chi connectivity index (χ3v) is 3.75. The van der Waals surface area contributed by atoms with Gasteiger partial charge in [-0.05, 0) is 39.5 Å². The quantitative estimate of drug-likeness (QED) is 0.768. The van der Waals surface area contributed by atoms with Crippen LogP contribution in [0.5, 0.6) is 0 Å². The van der Waals surface area contributed by atoms with Gasteiger partial charge in [0.2, 0.25) is 0 Å². The first-order valence-corrected chi connectivity index (χ1v) is 6.76. The zero-order valence-corrected chi connectivity index (χ0v) is 10.9. The highest BCUT2D eigenvalue weighted by Gasteiger charge is 2.35. The lowest BCUT2D eigenvalue weighted by Crippen LogP contribution is -2.56. The lowest BCUT2D eigenvalue weighted by atomic mass is 10.1. The molecule has 2 fully saturated rings. The normalized spacial score (nSPS) is 32.2. The third kappa shape index (κ3) is 3.44. The van der Waals surface area contributed by atoms with Crippen molar-refractivity contribution in [1.82, 2.24) is 10.2 Å². The molecule has 0 bridgehead atoms. The molecular weight excluding hydrogens is 200 g/mol. The summed E-state index contributed by atoms with van der Waals surface area (Å²) in [5.41, 5.74) is 0. The SMILES string of the molecule is CC(C)OCCN1CC(C2CC2)NCC1C. The van der Waals surface area contributed by atoms with Crippen molar-refractivity contribution in [3.63, 3.8) is 0 Å². The van der Waals surface area contributed by atoms with Gasteiger partial charge in [-0.25, -0.2) is 0 Å². The molecule has 2 rings (SSSR count). The Bertz CT molecular complexity index is 216. The predicted octanol–water partition coefficient (Wildman–Crippen LogP) is 1.48. The van der Waals surface area contributed by atoms with Crippen LogP contribution in [0.15, 0.2) is 0 Å². The van der Waals surface area contributed by atoms with Gasteiger partial charge in [-0.1, -0.05) is 0 Å². The van der Waals surface area contributed by atoms with Crippen molar-refractivity contribution >= 4 is 0 Å². The van der Waals surface area contributed by atoms with Crippen molar-refractivity contribution < 1.29 is 4.74 Å². The van der Waals surface area contributed by atoms with E-state index in [1.165, 1.54) is 19.4 Å². The van der Waals surface area contributed by atoms with E-state index in [-0.39, 0.29) is 0 Å². The molecule has 0 aromatic heterocycles. The average Bonchev–Trinajstić information content (AvgIpc) is 3.04. The third-order valence-electron chi connectivity index (χ3n) is 3.75. The summed E-state index contributed by atoms with van der Waals surface area (Å²) in [6, 6.07) is 1.40. The van der Waals surface area contributed by atoms with E-state index in [4.69, 9.17) is 4.74 Å². The van der Waals surface area contributed by atoms with Crippen LogP contribution in [0.1, 0.15) is 33.6 Å². The van der Waals surface area contributed by atoms with Gasteiger partial charge in [0.1, 0.15) is 0 Å². The molecule has 0 aromatic carbocycles. The van der Waals surface area contributed by atoms with Crippen molar-refractivity contribution in [1.29, 1.82) is 0 Å². The zero-order chi connectivity index (χ0) is 11.5. The van der Waals surface area contributed by atoms with E-state index >= 15 is 0 Å². The van der Waals surface area contributed by atoms with Crippen LogP contribution in [0.3, 0.4) is 0 Å². The van der Waals surface area contributed by atoms with Crippen LogP contribution in [0.2, 0.25) is 0 Å². The minimum atomic E-state index is 0.359. The van der Waals surface area contributed by atoms with Crippen molar-refractivity contribution in [3.8, 4) is 0 Å². The highest BCUT2D eigenvalue weighted by Crippen LogP contribution is 2.34. The molecule has 16 heavy (non-hydrogen) atoms. The Labute approximate surface area is 99.5 Å². The Balaban J connectivity index is 1.72. The molecule has 1 aliphatic heterocycles. The van der Waals surface area contributed by atoms with Crippen molar-refractivity contribution in [2.75, 3.05) is 26.2 Å². The fourth-order valence-corrected chi connectivity index (χ4v) is 2.48. The Hall–Kier alpha value is -0.120. The van der Waals surface area contributed by atoms with E-state index in [0.29, 0.717) is 12.1 Å². The van der Waals surface area contributed by atoms with Gasteiger partial charge in [-0.15, -0.1) is 0 Å². The van der Waals surface area contributed by atoms with Crippen molar-refractivity contribution in [2.45, 2.75) is 51.8 Å². The Morgan fingerprint density at radius 2 is 2.12 bits per heavy atom. The molecule has 1 N–H and O–H groups in total. The van der Waals surface area contributed by atoms with E-state index in [1.54, 1.807) is 0 Å². The van der Waals surface area contributed by atoms with Crippen LogP contribution in [0.4, 0.5) is 0 Å². The van der Waals surface area contributed by atoms with Crippen molar-refractivity contribution in [2.24, 2.45) is 5.92 Å². The van der Waals surface area contributed by atoms with E-state index in [9.17, 15) is 0 Å². The van der Waals surface area contributed by atoms with Crippen LogP contribution in [0, 0.1) is 5.92 Å². The van der Waals surface area contributed by atoms with Crippen LogP contribution in [-0.4, -0.2) is 49.3 Å². The number of ether oxygens (including phenoxy) is 1. The molecule has 1 saturated carbocycles. The second-order valence-electron chi connectivity index (χ2n) is 5.62. The number of piperazine rings is 1. The van der Waals surface area contributed by atoms with Gasteiger partial charge in [-0.2, -0.15) is 0 Å². The molecule has 1 aliphatic carbocycles. The first-order chi connectivity index (χ1) is 7.66. The molecule has 1 heterocycles. The minimum Gasteiger partial charge on any atom is -0.377 e. The summed E-state index contributed by atoms with van der Waals surface area (Å²) in [5.74, 6) is 0.959. The lowest BCUT2D eigenvalue weighted by molar-refractivity contribution is 0.0380. The molecule has 3 heteroatoms. The average molecular weight is 226 g/mol. The first-order valence-electron chi connectivity index (χ1n) is 6.76. The predicted molar refractivity (Wildman–Crippen MR) is 66.6 cm³/mol. The number of hydrogen-bond donors (Lipinski definition) is 1. The summed E-state index contributed by atoms with van der Waals surface area (Å²) >= 11 is 0. The standard InChI is InChI=1S/C13H26N2O/c1-10(2)16-7-6-15-9-13(12-4-5-12)14-8-11(15)3/h10-14H,4-9H2,1-3H3. The number of rotatable bonds is 5. The lowest BCUT2D eigenvalue weighted by Gasteiger charge is -2.39. The molecule has 1 saturated heterocycles. The molecular formula is C13H26N2O. The summed E-state index contributed by atoms with van der Waals surface area (Å²) in [4.78, 5) is 2.59. The fraction of sp³-hybridized carbons (Fsp3) is 1.00. The summed E-state index contributed by atoms with van der Waals surface area (Å²) in [7, 11) is 0. The minimum absolute atomic E-state index is 0.359. The van der Waals surface area contributed by atoms with E-state index in [0.717, 1.165) is 31.7 Å². The molecule has 0 radical (unpaired) electrons. The van der Waals surface area contributed by atoms with Gasteiger partial charge in [-0.3, -0.25) is 4.90 Å². The van der Waals surface area contributed by atoms with Crippen LogP contribution in [-0.2, 0) is 4.74 Å². The summed E-state index contributed by atoms with van der Waals surface area (Å²) in [6.07, 6.45) is 3.22. The van der Waals surface area contributed by atoms with E-state index in [2.05, 4.69) is 31.0 Å². The van der Waals surface area contributed by atoms with Gasteiger partial charge >= 0.3 is 0 Å². The topological polar surface area (TPSA) is 24.5 Å². The molecule has 3 nitrogen and oxygen atoms in total. The number of hydrogen-bond acceptors (Lipinski definition) is 3. The highest BCUT2D eigenvalue weighted by molar-refractivity contribution is 4.93. The maximum absolute atomic E-state index is 5.64. The number of nitrogens with one attached hydrogen (secondary N) is 1. The summed E-state index contributed by atoms with van der Waals surface area (Å²) < 4.78 is 5.64. The Morgan fingerprint density at radius 3 is 2.75 bits per heavy atom. The highest BCUT2D eigenvalue weighted by atomic mass is 16.5. The first kappa shape index (κ1) is 12.3. The van der Waals surface area contributed by atoms with E-state index < -0.39 is 0 Å². The van der Waals surface area contributed by atoms with Gasteiger partial charge < -0.3 is 10.1 Å². The second-order valence-corrected chi connectivity index (χ2v) is 5.62. The zero-order valence-electron chi connectivity index (χ0n) is 10.9. The molecule has 0 aromatic rings. The maximum atomic E-state index is 5.64. The Morgan fingerprint density at radius 1 is 1.38 bits per heavy atom. The largest absolute Gasteiger partial charge is 0.377 e. The van der Waals surface area contributed by atoms with Crippen LogP contribution in [0.25, 0.3) is 0 Å². The van der Waals surface area contributed by atoms with Gasteiger partial charge in [0.05, 0.1) is 12.7 Å². The molecule has 0 spiro atoms. The molecule has 2 atom stereocenters. The molecule has 0 amide bonds. The van der Waals surface area contributed by atoms with E-state index in [1.807, 2.05) is 0 Å². The van der Waals surface area contributed by atoms with Crippen LogP contribution < -0.4 is 5.32 Å². The van der Waals surface area contributed by atoms with Gasteiger partial charge in [0.15, 0.2) is 0 Å². The molecule has 94 valence electrons. The summed E-state index contributed by atoms with van der Waals surface area (Å²) in [5, 5.41) is 3.68. The molecule has 2 aliphatic rings. The van der Waals surface area contributed by atoms with Crippen LogP contribution >= 0.6 is 0 Å². The molecule has 2 unspecified atom stereocenters. The van der Waals surface area contributed by atoms with Crippen molar-refractivity contribution in [3.05, 3.63) is 0 Å². The fourth-order valence-electron chi connectivity index (χ4n) is 2.48. The smallest absolute Gasteiger partial charge is 0.0597 e.